The lowest BCUT2D eigenvalue weighted by Crippen LogP contribution is -1.93. The summed E-state index contributed by atoms with van der Waals surface area (Å²) < 4.78 is 0. The van der Waals surface area contributed by atoms with Gasteiger partial charge in [-0.05, 0) is 18.1 Å². The standard InChI is InChI=1S/C8H12N2.ClH/c1-6(2)8-4-3-7(9)5-10-8;/h3-6H,9H2,1-2H3;1H. The molecular weight excluding hydrogens is 160 g/mol. The van der Waals surface area contributed by atoms with Crippen LogP contribution in [-0.4, -0.2) is 4.98 Å². The molecule has 0 saturated carbocycles. The van der Waals surface area contributed by atoms with Crippen LogP contribution in [0.25, 0.3) is 0 Å². The normalized spacial score (nSPS) is 9.36. The van der Waals surface area contributed by atoms with Gasteiger partial charge in [-0.15, -0.1) is 12.4 Å². The third-order valence-corrected chi connectivity index (χ3v) is 1.40. The van der Waals surface area contributed by atoms with Crippen molar-refractivity contribution in [2.75, 3.05) is 5.73 Å². The molecule has 0 saturated heterocycles. The van der Waals surface area contributed by atoms with Crippen molar-refractivity contribution in [2.24, 2.45) is 0 Å². The summed E-state index contributed by atoms with van der Waals surface area (Å²) >= 11 is 0. The number of nitrogens with zero attached hydrogens (tertiary/aromatic N) is 1. The van der Waals surface area contributed by atoms with Crippen LogP contribution >= 0.6 is 12.4 Å². The van der Waals surface area contributed by atoms with E-state index in [0.29, 0.717) is 5.92 Å². The Kier molecular flexibility index (Phi) is 3.90. The summed E-state index contributed by atoms with van der Waals surface area (Å²) in [6, 6.07) is 3.84. The zero-order valence-electron chi connectivity index (χ0n) is 6.74. The molecule has 2 nitrogen and oxygen atoms in total. The Labute approximate surface area is 73.2 Å². The van der Waals surface area contributed by atoms with E-state index in [9.17, 15) is 0 Å². The molecule has 0 aliphatic heterocycles. The number of aromatic nitrogens is 1. The Morgan fingerprint density at radius 2 is 2.00 bits per heavy atom. The Hall–Kier alpha value is -0.760. The number of pyridine rings is 1. The highest BCUT2D eigenvalue weighted by molar-refractivity contribution is 5.85. The van der Waals surface area contributed by atoms with E-state index in [1.54, 1.807) is 6.20 Å². The van der Waals surface area contributed by atoms with Gasteiger partial charge in [0.25, 0.3) is 0 Å². The Morgan fingerprint density at radius 3 is 2.36 bits per heavy atom. The SMILES string of the molecule is CC(C)c1ccc(N)cn1.Cl. The molecule has 0 atom stereocenters. The van der Waals surface area contributed by atoms with Gasteiger partial charge in [-0.25, -0.2) is 0 Å². The average Bonchev–Trinajstić information content (AvgIpc) is 1.88. The molecule has 0 amide bonds. The van der Waals surface area contributed by atoms with Crippen molar-refractivity contribution in [3.63, 3.8) is 0 Å². The number of rotatable bonds is 1. The van der Waals surface area contributed by atoms with Gasteiger partial charge in [-0.1, -0.05) is 13.8 Å². The minimum atomic E-state index is 0. The summed E-state index contributed by atoms with van der Waals surface area (Å²) in [6.07, 6.45) is 1.69. The van der Waals surface area contributed by atoms with Gasteiger partial charge in [0.15, 0.2) is 0 Å². The van der Waals surface area contributed by atoms with Crippen LogP contribution < -0.4 is 5.73 Å². The molecule has 62 valence electrons. The van der Waals surface area contributed by atoms with Gasteiger partial charge in [0.05, 0.1) is 11.9 Å². The van der Waals surface area contributed by atoms with Crippen molar-refractivity contribution in [1.82, 2.24) is 4.98 Å². The van der Waals surface area contributed by atoms with Gasteiger partial charge in [0.1, 0.15) is 0 Å². The molecule has 0 aliphatic rings. The number of halogens is 1. The third-order valence-electron chi connectivity index (χ3n) is 1.40. The first kappa shape index (κ1) is 10.2. The quantitative estimate of drug-likeness (QED) is 0.706. The lowest BCUT2D eigenvalue weighted by molar-refractivity contribution is 0.823. The highest BCUT2D eigenvalue weighted by Crippen LogP contribution is 2.11. The van der Waals surface area contributed by atoms with Crippen LogP contribution in [0.4, 0.5) is 5.69 Å². The average molecular weight is 173 g/mol. The van der Waals surface area contributed by atoms with Crippen molar-refractivity contribution in [3.8, 4) is 0 Å². The predicted molar refractivity (Wildman–Crippen MR) is 50.0 cm³/mol. The Bertz CT molecular complexity index is 206. The van der Waals surface area contributed by atoms with Crippen LogP contribution in [-0.2, 0) is 0 Å². The molecule has 0 bridgehead atoms. The topological polar surface area (TPSA) is 38.9 Å². The lowest BCUT2D eigenvalue weighted by atomic mass is 10.1. The van der Waals surface area contributed by atoms with Gasteiger partial charge in [0.2, 0.25) is 0 Å². The first-order valence-electron chi connectivity index (χ1n) is 3.41. The second-order valence-corrected chi connectivity index (χ2v) is 2.67. The molecule has 2 N–H and O–H groups in total. The summed E-state index contributed by atoms with van der Waals surface area (Å²) in [5.41, 5.74) is 7.28. The Morgan fingerprint density at radius 1 is 1.36 bits per heavy atom. The van der Waals surface area contributed by atoms with E-state index in [1.165, 1.54) is 0 Å². The van der Waals surface area contributed by atoms with Gasteiger partial charge >= 0.3 is 0 Å². The second kappa shape index (κ2) is 4.19. The van der Waals surface area contributed by atoms with Gasteiger partial charge in [0, 0.05) is 5.69 Å². The van der Waals surface area contributed by atoms with Gasteiger partial charge < -0.3 is 5.73 Å². The second-order valence-electron chi connectivity index (χ2n) is 2.67. The fraction of sp³-hybridized carbons (Fsp3) is 0.375. The van der Waals surface area contributed by atoms with E-state index in [-0.39, 0.29) is 12.4 Å². The van der Waals surface area contributed by atoms with E-state index >= 15 is 0 Å². The molecule has 1 rings (SSSR count). The smallest absolute Gasteiger partial charge is 0.0501 e. The van der Waals surface area contributed by atoms with Crippen molar-refractivity contribution < 1.29 is 0 Å². The summed E-state index contributed by atoms with van der Waals surface area (Å²) in [7, 11) is 0. The van der Waals surface area contributed by atoms with Crippen molar-refractivity contribution in [2.45, 2.75) is 19.8 Å². The Balaban J connectivity index is 0.000001000. The van der Waals surface area contributed by atoms with Crippen LogP contribution in [0.3, 0.4) is 0 Å². The van der Waals surface area contributed by atoms with Crippen molar-refractivity contribution >= 4 is 18.1 Å². The zero-order chi connectivity index (χ0) is 7.56. The molecule has 0 fully saturated rings. The number of hydrogen-bond acceptors (Lipinski definition) is 2. The first-order valence-corrected chi connectivity index (χ1v) is 3.41. The van der Waals surface area contributed by atoms with Crippen molar-refractivity contribution in [3.05, 3.63) is 24.0 Å². The highest BCUT2D eigenvalue weighted by atomic mass is 35.5. The minimum Gasteiger partial charge on any atom is -0.397 e. The monoisotopic (exact) mass is 172 g/mol. The molecule has 1 aromatic heterocycles. The highest BCUT2D eigenvalue weighted by Gasteiger charge is 1.97. The van der Waals surface area contributed by atoms with E-state index in [0.717, 1.165) is 11.4 Å². The molecule has 1 aromatic rings. The molecule has 0 aliphatic carbocycles. The van der Waals surface area contributed by atoms with Gasteiger partial charge in [-0.2, -0.15) is 0 Å². The molecule has 1 heterocycles. The van der Waals surface area contributed by atoms with E-state index in [1.807, 2.05) is 12.1 Å². The summed E-state index contributed by atoms with van der Waals surface area (Å²) in [5.74, 6) is 0.487. The fourth-order valence-electron chi connectivity index (χ4n) is 0.758. The molecule has 0 unspecified atom stereocenters. The maximum atomic E-state index is 5.46. The summed E-state index contributed by atoms with van der Waals surface area (Å²) in [5, 5.41) is 0. The minimum absolute atomic E-state index is 0. The molecule has 0 radical (unpaired) electrons. The predicted octanol–water partition coefficient (Wildman–Crippen LogP) is 2.21. The largest absolute Gasteiger partial charge is 0.397 e. The lowest BCUT2D eigenvalue weighted by Gasteiger charge is -2.02. The van der Waals surface area contributed by atoms with Crippen LogP contribution in [0.15, 0.2) is 18.3 Å². The fourth-order valence-corrected chi connectivity index (χ4v) is 0.758. The van der Waals surface area contributed by atoms with Crippen molar-refractivity contribution in [1.29, 1.82) is 0 Å². The van der Waals surface area contributed by atoms with Gasteiger partial charge in [-0.3, -0.25) is 4.98 Å². The van der Waals surface area contributed by atoms with E-state index < -0.39 is 0 Å². The first-order chi connectivity index (χ1) is 4.70. The molecule has 0 aromatic carbocycles. The van der Waals surface area contributed by atoms with Crippen LogP contribution in [0.5, 0.6) is 0 Å². The molecule has 3 heteroatoms. The summed E-state index contributed by atoms with van der Waals surface area (Å²) in [4.78, 5) is 4.15. The molecule has 0 spiro atoms. The van der Waals surface area contributed by atoms with E-state index in [2.05, 4.69) is 18.8 Å². The maximum Gasteiger partial charge on any atom is 0.0501 e. The summed E-state index contributed by atoms with van der Waals surface area (Å²) in [6.45, 7) is 4.22. The molecular formula is C8H13ClN2. The zero-order valence-corrected chi connectivity index (χ0v) is 7.56. The number of nitrogen functional groups attached to an aromatic ring is 1. The maximum absolute atomic E-state index is 5.46. The van der Waals surface area contributed by atoms with E-state index in [4.69, 9.17) is 5.73 Å². The van der Waals surface area contributed by atoms with Crippen LogP contribution in [0.2, 0.25) is 0 Å². The number of nitrogens with two attached hydrogens (primary N) is 1. The van der Waals surface area contributed by atoms with Crippen LogP contribution in [0, 0.1) is 0 Å². The van der Waals surface area contributed by atoms with Crippen LogP contribution in [0.1, 0.15) is 25.5 Å². The number of anilines is 1. The number of hydrogen-bond donors (Lipinski definition) is 1. The molecule has 11 heavy (non-hydrogen) atoms. The third kappa shape index (κ3) is 2.76.